The molecule has 0 saturated heterocycles. The summed E-state index contributed by atoms with van der Waals surface area (Å²) in [4.78, 5) is 2.34. The van der Waals surface area contributed by atoms with Crippen molar-refractivity contribution in [1.82, 2.24) is 0 Å². The maximum Gasteiger partial charge on any atom is 0.136 e. The number of para-hydroxylation sites is 1. The number of fused-ring (bicyclic) bond motifs is 2. The van der Waals surface area contributed by atoms with Crippen molar-refractivity contribution < 1.29 is 4.42 Å². The topological polar surface area (TPSA) is 16.4 Å². The molecular weight excluding hydrogens is 751 g/mol. The molecule has 0 aliphatic carbocycles. The van der Waals surface area contributed by atoms with Gasteiger partial charge in [-0.2, -0.15) is 0 Å². The fourth-order valence-electron chi connectivity index (χ4n) is 8.82. The van der Waals surface area contributed by atoms with Gasteiger partial charge in [0, 0.05) is 28.0 Å². The van der Waals surface area contributed by atoms with Crippen LogP contribution in [0.1, 0.15) is 0 Å². The first-order chi connectivity index (χ1) is 30.7. The smallest absolute Gasteiger partial charge is 0.136 e. The molecule has 1 aromatic heterocycles. The number of benzene rings is 10. The standard InChI is InChI=1S/C60H41NO/c1-2-13-44(14-3-1)53-19-7-8-20-55(53)47-31-37-51(38-32-47)61(52-39-33-48(34-40-52)57-21-9-10-22-58(57)60-41-49-16-5-11-24-59(49)62-60)50-35-29-43(30-36-50)42-25-27-46(28-26-42)56-23-12-17-45-15-4-6-18-54(45)56/h1-41H. The molecule has 0 bridgehead atoms. The van der Waals surface area contributed by atoms with Crippen LogP contribution in [-0.4, -0.2) is 0 Å². The lowest BCUT2D eigenvalue weighted by Gasteiger charge is -2.26. The number of rotatable bonds is 9. The summed E-state index contributed by atoms with van der Waals surface area (Å²) in [6.45, 7) is 0. The Morgan fingerprint density at radius 1 is 0.258 bits per heavy atom. The lowest BCUT2D eigenvalue weighted by molar-refractivity contribution is 0.632. The summed E-state index contributed by atoms with van der Waals surface area (Å²) in [5.41, 5.74) is 17.1. The zero-order chi connectivity index (χ0) is 41.2. The van der Waals surface area contributed by atoms with Crippen molar-refractivity contribution in [2.45, 2.75) is 0 Å². The van der Waals surface area contributed by atoms with E-state index >= 15 is 0 Å². The Kier molecular flexibility index (Phi) is 9.57. The summed E-state index contributed by atoms with van der Waals surface area (Å²) in [5.74, 6) is 0.865. The maximum atomic E-state index is 6.34. The molecular formula is C60H41NO. The minimum atomic E-state index is 0.865. The van der Waals surface area contributed by atoms with Gasteiger partial charge in [0.15, 0.2) is 0 Å². The van der Waals surface area contributed by atoms with E-state index in [1.54, 1.807) is 0 Å². The van der Waals surface area contributed by atoms with Gasteiger partial charge in [0.2, 0.25) is 0 Å². The molecule has 2 nitrogen and oxygen atoms in total. The van der Waals surface area contributed by atoms with Gasteiger partial charge in [0.25, 0.3) is 0 Å². The van der Waals surface area contributed by atoms with Gasteiger partial charge in [-0.1, -0.05) is 200 Å². The van der Waals surface area contributed by atoms with Crippen LogP contribution in [0.5, 0.6) is 0 Å². The van der Waals surface area contributed by atoms with Crippen molar-refractivity contribution in [2.24, 2.45) is 0 Å². The van der Waals surface area contributed by atoms with Gasteiger partial charge in [0.1, 0.15) is 11.3 Å². The lowest BCUT2D eigenvalue weighted by atomic mass is 9.94. The van der Waals surface area contributed by atoms with Crippen LogP contribution in [0.4, 0.5) is 17.1 Å². The minimum Gasteiger partial charge on any atom is -0.456 e. The highest BCUT2D eigenvalue weighted by molar-refractivity contribution is 5.97. The molecule has 10 aromatic carbocycles. The van der Waals surface area contributed by atoms with Gasteiger partial charge in [-0.3, -0.25) is 0 Å². The van der Waals surface area contributed by atoms with E-state index < -0.39 is 0 Å². The zero-order valence-corrected chi connectivity index (χ0v) is 34.0. The Labute approximate surface area is 362 Å². The van der Waals surface area contributed by atoms with E-state index in [1.807, 2.05) is 18.2 Å². The monoisotopic (exact) mass is 791 g/mol. The van der Waals surface area contributed by atoms with Crippen LogP contribution in [0, 0.1) is 0 Å². The molecule has 0 N–H and O–H groups in total. The Bertz CT molecular complexity index is 3270. The molecule has 1 heterocycles. The van der Waals surface area contributed by atoms with E-state index in [4.69, 9.17) is 4.42 Å². The van der Waals surface area contributed by atoms with Crippen molar-refractivity contribution in [3.63, 3.8) is 0 Å². The zero-order valence-electron chi connectivity index (χ0n) is 34.0. The lowest BCUT2D eigenvalue weighted by Crippen LogP contribution is -2.09. The first-order valence-corrected chi connectivity index (χ1v) is 21.2. The predicted molar refractivity (Wildman–Crippen MR) is 261 cm³/mol. The predicted octanol–water partition coefficient (Wildman–Crippen LogP) is 17.1. The molecule has 0 atom stereocenters. The molecule has 0 fully saturated rings. The second kappa shape index (κ2) is 16.1. The number of nitrogens with zero attached hydrogens (tertiary/aromatic N) is 1. The highest BCUT2D eigenvalue weighted by Gasteiger charge is 2.17. The normalized spacial score (nSPS) is 11.2. The molecule has 0 saturated carbocycles. The van der Waals surface area contributed by atoms with E-state index in [1.165, 1.54) is 55.3 Å². The van der Waals surface area contributed by atoms with Gasteiger partial charge < -0.3 is 9.32 Å². The number of hydrogen-bond acceptors (Lipinski definition) is 2. The Morgan fingerprint density at radius 2 is 0.645 bits per heavy atom. The quantitative estimate of drug-likeness (QED) is 0.145. The number of furan rings is 1. The van der Waals surface area contributed by atoms with Crippen molar-refractivity contribution in [2.75, 3.05) is 4.90 Å². The summed E-state index contributed by atoms with van der Waals surface area (Å²) in [7, 11) is 0. The van der Waals surface area contributed by atoms with Crippen molar-refractivity contribution in [1.29, 1.82) is 0 Å². The highest BCUT2D eigenvalue weighted by Crippen LogP contribution is 2.41. The third-order valence-electron chi connectivity index (χ3n) is 11.9. The average molecular weight is 792 g/mol. The largest absolute Gasteiger partial charge is 0.456 e. The molecule has 0 amide bonds. The molecule has 292 valence electrons. The van der Waals surface area contributed by atoms with Gasteiger partial charge in [-0.15, -0.1) is 0 Å². The van der Waals surface area contributed by atoms with E-state index in [0.717, 1.165) is 50.5 Å². The summed E-state index contributed by atoms with van der Waals surface area (Å²) in [6.07, 6.45) is 0. The molecule has 62 heavy (non-hydrogen) atoms. The molecule has 2 heteroatoms. The van der Waals surface area contributed by atoms with E-state index in [-0.39, 0.29) is 0 Å². The van der Waals surface area contributed by atoms with Gasteiger partial charge in [0.05, 0.1) is 0 Å². The van der Waals surface area contributed by atoms with E-state index in [2.05, 4.69) is 235 Å². The van der Waals surface area contributed by atoms with Crippen LogP contribution in [-0.2, 0) is 0 Å². The molecule has 0 aliphatic heterocycles. The third kappa shape index (κ3) is 7.04. The second-order valence-corrected chi connectivity index (χ2v) is 15.7. The van der Waals surface area contributed by atoms with Crippen LogP contribution in [0.15, 0.2) is 253 Å². The van der Waals surface area contributed by atoms with Gasteiger partial charge >= 0.3 is 0 Å². The molecule has 0 spiro atoms. The van der Waals surface area contributed by atoms with Crippen molar-refractivity contribution in [3.8, 4) is 67.0 Å². The van der Waals surface area contributed by atoms with Crippen molar-refractivity contribution in [3.05, 3.63) is 249 Å². The van der Waals surface area contributed by atoms with Crippen LogP contribution in [0.3, 0.4) is 0 Å². The third-order valence-corrected chi connectivity index (χ3v) is 11.9. The first-order valence-electron chi connectivity index (χ1n) is 21.2. The molecule has 11 rings (SSSR count). The Hall–Kier alpha value is -8.20. The molecule has 0 unspecified atom stereocenters. The van der Waals surface area contributed by atoms with Crippen molar-refractivity contribution >= 4 is 38.8 Å². The first kappa shape index (κ1) is 36.8. The fourth-order valence-corrected chi connectivity index (χ4v) is 8.82. The van der Waals surface area contributed by atoms with Crippen LogP contribution in [0.25, 0.3) is 88.7 Å². The minimum absolute atomic E-state index is 0.865. The van der Waals surface area contributed by atoms with Crippen LogP contribution < -0.4 is 4.90 Å². The number of anilines is 3. The summed E-state index contributed by atoms with van der Waals surface area (Å²) < 4.78 is 6.34. The fraction of sp³-hybridized carbons (Fsp3) is 0. The Balaban J connectivity index is 0.947. The SMILES string of the molecule is c1ccc(-c2ccccc2-c2ccc(N(c3ccc(-c4ccc(-c5cccc6ccccc56)cc4)cc3)c3ccc(-c4ccccc4-c4cc5ccccc5o4)cc3)cc2)cc1. The van der Waals surface area contributed by atoms with E-state index in [9.17, 15) is 0 Å². The van der Waals surface area contributed by atoms with Crippen LogP contribution in [0.2, 0.25) is 0 Å². The van der Waals surface area contributed by atoms with Gasteiger partial charge in [-0.25, -0.2) is 0 Å². The average Bonchev–Trinajstić information content (AvgIpc) is 3.80. The second-order valence-electron chi connectivity index (χ2n) is 15.7. The number of hydrogen-bond donors (Lipinski definition) is 0. The highest BCUT2D eigenvalue weighted by atomic mass is 16.3. The maximum absolute atomic E-state index is 6.34. The summed E-state index contributed by atoms with van der Waals surface area (Å²) in [5, 5.41) is 3.62. The Morgan fingerprint density at radius 3 is 1.24 bits per heavy atom. The summed E-state index contributed by atoms with van der Waals surface area (Å²) >= 11 is 0. The molecule has 11 aromatic rings. The van der Waals surface area contributed by atoms with E-state index in [0.29, 0.717) is 0 Å². The van der Waals surface area contributed by atoms with Gasteiger partial charge in [-0.05, 0) is 115 Å². The summed E-state index contributed by atoms with van der Waals surface area (Å²) in [6, 6.07) is 88.9. The molecule has 0 aliphatic rings. The molecule has 0 radical (unpaired) electrons. The van der Waals surface area contributed by atoms with Crippen LogP contribution >= 0.6 is 0 Å².